The summed E-state index contributed by atoms with van der Waals surface area (Å²) < 4.78 is 37.4. The van der Waals surface area contributed by atoms with Crippen molar-refractivity contribution < 1.29 is 27.5 Å². The summed E-state index contributed by atoms with van der Waals surface area (Å²) in [5, 5.41) is 0. The van der Waals surface area contributed by atoms with Crippen molar-refractivity contribution in [3.8, 4) is 0 Å². The molecular formula is C23H27NO6S. The van der Waals surface area contributed by atoms with Crippen LogP contribution < -0.4 is 0 Å². The number of nitrogens with zero attached hydrogens (tertiary/aromatic N) is 1. The standard InChI is InChI=1S/C23H27NO6S/c1-16-12-17(2)14-24(13-16)31(27,28)21-10-8-20(9-11-21)23(26)30-15-18-4-6-19(7-5-18)22(25)29-3/h4-11,16-17H,12-15H2,1-3H3. The molecule has 0 radical (unpaired) electrons. The molecule has 166 valence electrons. The molecule has 1 aliphatic rings. The highest BCUT2D eigenvalue weighted by Gasteiger charge is 2.31. The third-order valence-electron chi connectivity index (χ3n) is 5.31. The maximum Gasteiger partial charge on any atom is 0.338 e. The first-order valence-electron chi connectivity index (χ1n) is 10.1. The number of hydrogen-bond donors (Lipinski definition) is 0. The minimum Gasteiger partial charge on any atom is -0.465 e. The van der Waals surface area contributed by atoms with Gasteiger partial charge in [0.1, 0.15) is 6.61 Å². The summed E-state index contributed by atoms with van der Waals surface area (Å²) in [6, 6.07) is 12.4. The maximum absolute atomic E-state index is 12.9. The molecule has 2 aromatic carbocycles. The van der Waals surface area contributed by atoms with Gasteiger partial charge >= 0.3 is 11.9 Å². The minimum absolute atomic E-state index is 0.0316. The van der Waals surface area contributed by atoms with E-state index in [2.05, 4.69) is 18.6 Å². The molecular weight excluding hydrogens is 418 g/mol. The Morgan fingerprint density at radius 3 is 1.97 bits per heavy atom. The number of carbonyl (C=O) groups is 2. The molecule has 0 aromatic heterocycles. The maximum atomic E-state index is 12.9. The number of hydrogen-bond acceptors (Lipinski definition) is 6. The second-order valence-corrected chi connectivity index (χ2v) is 10.00. The highest BCUT2D eigenvalue weighted by atomic mass is 32.2. The van der Waals surface area contributed by atoms with Crippen molar-refractivity contribution in [1.82, 2.24) is 4.31 Å². The van der Waals surface area contributed by atoms with Gasteiger partial charge in [0.2, 0.25) is 10.0 Å². The molecule has 0 saturated carbocycles. The summed E-state index contributed by atoms with van der Waals surface area (Å²) in [5.41, 5.74) is 1.39. The SMILES string of the molecule is COC(=O)c1ccc(COC(=O)c2ccc(S(=O)(=O)N3CC(C)CC(C)C3)cc2)cc1. The second-order valence-electron chi connectivity index (χ2n) is 8.06. The summed E-state index contributed by atoms with van der Waals surface area (Å²) in [7, 11) is -2.29. The molecule has 1 saturated heterocycles. The summed E-state index contributed by atoms with van der Waals surface area (Å²) in [4.78, 5) is 24.0. The number of sulfonamides is 1. The van der Waals surface area contributed by atoms with Crippen LogP contribution in [0.15, 0.2) is 53.4 Å². The number of ether oxygens (including phenoxy) is 2. The Bertz CT molecular complexity index is 1020. The van der Waals surface area contributed by atoms with Gasteiger partial charge in [0.25, 0.3) is 0 Å². The van der Waals surface area contributed by atoms with E-state index >= 15 is 0 Å². The van der Waals surface area contributed by atoms with Crippen LogP contribution in [0.5, 0.6) is 0 Å². The van der Waals surface area contributed by atoms with Crippen molar-refractivity contribution in [3.05, 3.63) is 65.2 Å². The van der Waals surface area contributed by atoms with E-state index in [0.717, 1.165) is 6.42 Å². The fourth-order valence-electron chi connectivity index (χ4n) is 3.80. The number of esters is 2. The van der Waals surface area contributed by atoms with E-state index in [1.165, 1.54) is 35.7 Å². The number of piperidine rings is 1. The highest BCUT2D eigenvalue weighted by molar-refractivity contribution is 7.89. The van der Waals surface area contributed by atoms with Crippen molar-refractivity contribution >= 4 is 22.0 Å². The van der Waals surface area contributed by atoms with Gasteiger partial charge in [0.05, 0.1) is 23.1 Å². The molecule has 2 aromatic rings. The molecule has 31 heavy (non-hydrogen) atoms. The van der Waals surface area contributed by atoms with Crippen molar-refractivity contribution in [3.63, 3.8) is 0 Å². The Balaban J connectivity index is 1.63. The molecule has 0 bridgehead atoms. The zero-order valence-corrected chi connectivity index (χ0v) is 18.7. The van der Waals surface area contributed by atoms with Gasteiger partial charge < -0.3 is 9.47 Å². The van der Waals surface area contributed by atoms with Gasteiger partial charge in [0, 0.05) is 13.1 Å². The average Bonchev–Trinajstić information content (AvgIpc) is 2.76. The topological polar surface area (TPSA) is 90.0 Å². The monoisotopic (exact) mass is 445 g/mol. The third-order valence-corrected chi connectivity index (χ3v) is 7.15. The lowest BCUT2D eigenvalue weighted by Gasteiger charge is -2.34. The fraction of sp³-hybridized carbons (Fsp3) is 0.391. The van der Waals surface area contributed by atoms with Gasteiger partial charge in [-0.1, -0.05) is 26.0 Å². The first-order valence-corrected chi connectivity index (χ1v) is 11.6. The van der Waals surface area contributed by atoms with Gasteiger partial charge in [-0.2, -0.15) is 4.31 Å². The van der Waals surface area contributed by atoms with Gasteiger partial charge in [-0.25, -0.2) is 18.0 Å². The lowest BCUT2D eigenvalue weighted by atomic mass is 9.94. The van der Waals surface area contributed by atoms with E-state index in [0.29, 0.717) is 36.1 Å². The van der Waals surface area contributed by atoms with Crippen LogP contribution in [0.1, 0.15) is 46.5 Å². The van der Waals surface area contributed by atoms with Crippen molar-refractivity contribution in [2.45, 2.75) is 31.8 Å². The van der Waals surface area contributed by atoms with E-state index in [9.17, 15) is 18.0 Å². The zero-order chi connectivity index (χ0) is 22.6. The zero-order valence-electron chi connectivity index (χ0n) is 17.9. The molecule has 0 spiro atoms. The third kappa shape index (κ3) is 5.51. The largest absolute Gasteiger partial charge is 0.465 e. The van der Waals surface area contributed by atoms with E-state index in [1.807, 2.05) is 0 Å². The summed E-state index contributed by atoms with van der Waals surface area (Å²) >= 11 is 0. The lowest BCUT2D eigenvalue weighted by Crippen LogP contribution is -2.42. The molecule has 1 aliphatic heterocycles. The van der Waals surface area contributed by atoms with Crippen LogP contribution in [-0.2, 0) is 26.1 Å². The van der Waals surface area contributed by atoms with Gasteiger partial charge in [-0.05, 0) is 60.2 Å². The van der Waals surface area contributed by atoms with E-state index in [1.54, 1.807) is 24.3 Å². The Kier molecular flexibility index (Phi) is 7.12. The second kappa shape index (κ2) is 9.62. The van der Waals surface area contributed by atoms with Gasteiger partial charge in [-0.3, -0.25) is 0 Å². The van der Waals surface area contributed by atoms with E-state index in [-0.39, 0.29) is 17.1 Å². The van der Waals surface area contributed by atoms with Crippen LogP contribution in [-0.4, -0.2) is 44.9 Å². The van der Waals surface area contributed by atoms with Crippen molar-refractivity contribution in [1.29, 1.82) is 0 Å². The molecule has 1 fully saturated rings. The minimum atomic E-state index is -3.60. The molecule has 0 N–H and O–H groups in total. The molecule has 0 aliphatic carbocycles. The number of benzene rings is 2. The van der Waals surface area contributed by atoms with Gasteiger partial charge in [0.15, 0.2) is 0 Å². The molecule has 1 heterocycles. The predicted molar refractivity (Wildman–Crippen MR) is 115 cm³/mol. The molecule has 8 heteroatoms. The Morgan fingerprint density at radius 1 is 0.903 bits per heavy atom. The number of methoxy groups -OCH3 is 1. The molecule has 7 nitrogen and oxygen atoms in total. The molecule has 3 rings (SSSR count). The summed E-state index contributed by atoms with van der Waals surface area (Å²) in [6.45, 7) is 5.15. The quantitative estimate of drug-likeness (QED) is 0.632. The van der Waals surface area contributed by atoms with Crippen LogP contribution in [0.25, 0.3) is 0 Å². The Morgan fingerprint density at radius 2 is 1.42 bits per heavy atom. The van der Waals surface area contributed by atoms with Crippen LogP contribution in [0.4, 0.5) is 0 Å². The molecule has 2 unspecified atom stereocenters. The highest BCUT2D eigenvalue weighted by Crippen LogP contribution is 2.26. The molecule has 2 atom stereocenters. The molecule has 0 amide bonds. The van der Waals surface area contributed by atoms with E-state index in [4.69, 9.17) is 4.74 Å². The van der Waals surface area contributed by atoms with Crippen molar-refractivity contribution in [2.75, 3.05) is 20.2 Å². The van der Waals surface area contributed by atoms with Gasteiger partial charge in [-0.15, -0.1) is 0 Å². The van der Waals surface area contributed by atoms with Crippen LogP contribution in [0.2, 0.25) is 0 Å². The fourth-order valence-corrected chi connectivity index (χ4v) is 5.48. The Labute approximate surface area is 183 Å². The lowest BCUT2D eigenvalue weighted by molar-refractivity contribution is 0.0471. The van der Waals surface area contributed by atoms with E-state index < -0.39 is 22.0 Å². The smallest absolute Gasteiger partial charge is 0.338 e. The van der Waals surface area contributed by atoms with Crippen LogP contribution in [0.3, 0.4) is 0 Å². The number of rotatable bonds is 6. The van der Waals surface area contributed by atoms with Crippen molar-refractivity contribution in [2.24, 2.45) is 11.8 Å². The summed E-state index contributed by atoms with van der Waals surface area (Å²) in [5.74, 6) is -0.364. The number of carbonyl (C=O) groups excluding carboxylic acids is 2. The predicted octanol–water partition coefficient (Wildman–Crippen LogP) is 3.50. The average molecular weight is 446 g/mol. The van der Waals surface area contributed by atoms with Crippen LogP contribution >= 0.6 is 0 Å². The Hall–Kier alpha value is -2.71. The normalized spacial score (nSPS) is 19.6. The van der Waals surface area contributed by atoms with Crippen LogP contribution in [0, 0.1) is 11.8 Å². The first-order chi connectivity index (χ1) is 14.7. The summed E-state index contributed by atoms with van der Waals surface area (Å²) in [6.07, 6.45) is 1.02. The first kappa shape index (κ1) is 23.0.